The normalized spacial score (nSPS) is 11.7. The van der Waals surface area contributed by atoms with Crippen molar-refractivity contribution in [3.63, 3.8) is 0 Å². The SMILES string of the molecule is NC(CC(=O)OC=O)C(=O)O. The Morgan fingerprint density at radius 2 is 2.18 bits per heavy atom. The molecule has 3 N–H and O–H groups in total. The lowest BCUT2D eigenvalue weighted by molar-refractivity contribution is -0.154. The van der Waals surface area contributed by atoms with Gasteiger partial charge in [0, 0.05) is 0 Å². The van der Waals surface area contributed by atoms with Crippen molar-refractivity contribution in [2.45, 2.75) is 12.5 Å². The topological polar surface area (TPSA) is 107 Å². The Bertz CT molecular complexity index is 178. The van der Waals surface area contributed by atoms with Gasteiger partial charge in [-0.1, -0.05) is 0 Å². The van der Waals surface area contributed by atoms with E-state index in [4.69, 9.17) is 10.8 Å². The van der Waals surface area contributed by atoms with Crippen molar-refractivity contribution in [2.75, 3.05) is 0 Å². The Balaban J connectivity index is 3.74. The van der Waals surface area contributed by atoms with E-state index in [1.807, 2.05) is 0 Å². The van der Waals surface area contributed by atoms with Gasteiger partial charge in [-0.2, -0.15) is 0 Å². The van der Waals surface area contributed by atoms with E-state index >= 15 is 0 Å². The third-order valence-corrected chi connectivity index (χ3v) is 0.883. The predicted octanol–water partition coefficient (Wildman–Crippen LogP) is -1.51. The van der Waals surface area contributed by atoms with Gasteiger partial charge in [0.05, 0.1) is 6.42 Å². The minimum atomic E-state index is -1.32. The van der Waals surface area contributed by atoms with Crippen molar-refractivity contribution in [2.24, 2.45) is 5.73 Å². The van der Waals surface area contributed by atoms with Gasteiger partial charge in [-0.3, -0.25) is 14.4 Å². The summed E-state index contributed by atoms with van der Waals surface area (Å²) in [6, 6.07) is -1.32. The van der Waals surface area contributed by atoms with Crippen LogP contribution in [0.4, 0.5) is 0 Å². The fraction of sp³-hybridized carbons (Fsp3) is 0.400. The maximum atomic E-state index is 10.4. The first kappa shape index (κ1) is 9.57. The molecule has 0 saturated heterocycles. The van der Waals surface area contributed by atoms with E-state index < -0.39 is 24.4 Å². The van der Waals surface area contributed by atoms with E-state index in [9.17, 15) is 14.4 Å². The van der Waals surface area contributed by atoms with E-state index in [-0.39, 0.29) is 6.47 Å². The van der Waals surface area contributed by atoms with Crippen LogP contribution in [0.15, 0.2) is 0 Å². The van der Waals surface area contributed by atoms with Gasteiger partial charge in [0.2, 0.25) is 0 Å². The number of hydrogen-bond donors (Lipinski definition) is 2. The first-order valence-electron chi connectivity index (χ1n) is 2.69. The molecule has 0 rings (SSSR count). The lowest BCUT2D eigenvalue weighted by Crippen LogP contribution is -2.33. The molecule has 1 atom stereocenters. The van der Waals surface area contributed by atoms with Gasteiger partial charge in [0.25, 0.3) is 0 Å². The molecule has 0 fully saturated rings. The molecule has 0 spiro atoms. The monoisotopic (exact) mass is 161 g/mol. The molecule has 0 aromatic heterocycles. The summed E-state index contributed by atoms with van der Waals surface area (Å²) >= 11 is 0. The largest absolute Gasteiger partial charge is 0.480 e. The summed E-state index contributed by atoms with van der Waals surface area (Å²) < 4.78 is 3.80. The second kappa shape index (κ2) is 4.40. The smallest absolute Gasteiger partial charge is 0.321 e. The maximum absolute atomic E-state index is 10.4. The minimum Gasteiger partial charge on any atom is -0.480 e. The number of aliphatic carboxylic acids is 1. The van der Waals surface area contributed by atoms with Crippen LogP contribution in [0.5, 0.6) is 0 Å². The molecule has 0 aliphatic heterocycles. The van der Waals surface area contributed by atoms with Gasteiger partial charge in [-0.05, 0) is 0 Å². The van der Waals surface area contributed by atoms with Crippen LogP contribution in [0.1, 0.15) is 6.42 Å². The molecular formula is C5H7NO5. The van der Waals surface area contributed by atoms with Crippen LogP contribution in [-0.4, -0.2) is 29.6 Å². The summed E-state index contributed by atoms with van der Waals surface area (Å²) in [5.74, 6) is -2.26. The maximum Gasteiger partial charge on any atom is 0.321 e. The first-order valence-corrected chi connectivity index (χ1v) is 2.69. The third-order valence-electron chi connectivity index (χ3n) is 0.883. The molecule has 0 heterocycles. The molecule has 11 heavy (non-hydrogen) atoms. The number of ether oxygens (including phenoxy) is 1. The van der Waals surface area contributed by atoms with Crippen LogP contribution < -0.4 is 5.73 Å². The Labute approximate surface area is 61.9 Å². The van der Waals surface area contributed by atoms with Gasteiger partial charge in [0.15, 0.2) is 0 Å². The highest BCUT2D eigenvalue weighted by atomic mass is 16.6. The molecule has 6 heteroatoms. The van der Waals surface area contributed by atoms with Crippen LogP contribution in [-0.2, 0) is 19.1 Å². The number of rotatable bonds is 4. The number of esters is 1. The molecule has 62 valence electrons. The van der Waals surface area contributed by atoms with Crippen LogP contribution in [0.25, 0.3) is 0 Å². The van der Waals surface area contributed by atoms with Gasteiger partial charge in [0.1, 0.15) is 6.04 Å². The zero-order valence-electron chi connectivity index (χ0n) is 5.52. The van der Waals surface area contributed by atoms with E-state index in [2.05, 4.69) is 4.74 Å². The molecule has 0 aliphatic rings. The predicted molar refractivity (Wildman–Crippen MR) is 32.4 cm³/mol. The van der Waals surface area contributed by atoms with Crippen LogP contribution in [0, 0.1) is 0 Å². The Morgan fingerprint density at radius 1 is 1.64 bits per heavy atom. The Morgan fingerprint density at radius 3 is 2.55 bits per heavy atom. The van der Waals surface area contributed by atoms with Crippen molar-refractivity contribution in [3.8, 4) is 0 Å². The average molecular weight is 161 g/mol. The van der Waals surface area contributed by atoms with Gasteiger partial charge in [-0.15, -0.1) is 0 Å². The van der Waals surface area contributed by atoms with E-state index in [0.29, 0.717) is 0 Å². The average Bonchev–Trinajstić information content (AvgIpc) is 1.87. The van der Waals surface area contributed by atoms with E-state index in [1.54, 1.807) is 0 Å². The summed E-state index contributed by atoms with van der Waals surface area (Å²) in [5, 5.41) is 8.18. The molecule has 0 aromatic rings. The van der Waals surface area contributed by atoms with E-state index in [0.717, 1.165) is 0 Å². The Hall–Kier alpha value is -1.43. The number of nitrogens with two attached hydrogens (primary N) is 1. The summed E-state index contributed by atoms with van der Waals surface area (Å²) in [6.45, 7) is -0.0725. The van der Waals surface area contributed by atoms with Crippen LogP contribution in [0.2, 0.25) is 0 Å². The quantitative estimate of drug-likeness (QED) is 0.295. The highest BCUT2D eigenvalue weighted by molar-refractivity contribution is 5.83. The number of carboxylic acids is 1. The van der Waals surface area contributed by atoms with Crippen molar-refractivity contribution in [1.82, 2.24) is 0 Å². The van der Waals surface area contributed by atoms with Crippen molar-refractivity contribution < 1.29 is 24.2 Å². The summed E-state index contributed by atoms with van der Waals surface area (Å²) in [4.78, 5) is 29.9. The van der Waals surface area contributed by atoms with Crippen LogP contribution >= 0.6 is 0 Å². The molecule has 0 radical (unpaired) electrons. The molecule has 0 saturated carbocycles. The first-order chi connectivity index (χ1) is 5.07. The number of hydrogen-bond acceptors (Lipinski definition) is 5. The van der Waals surface area contributed by atoms with E-state index in [1.165, 1.54) is 0 Å². The summed E-state index contributed by atoms with van der Waals surface area (Å²) in [6.07, 6.45) is -0.506. The minimum absolute atomic E-state index is 0.0725. The second-order valence-electron chi connectivity index (χ2n) is 1.73. The molecular weight excluding hydrogens is 154 g/mol. The molecule has 0 aromatic carbocycles. The summed E-state index contributed by atoms with van der Waals surface area (Å²) in [7, 11) is 0. The van der Waals surface area contributed by atoms with Gasteiger partial charge in [-0.25, -0.2) is 0 Å². The van der Waals surface area contributed by atoms with Gasteiger partial charge >= 0.3 is 18.4 Å². The fourth-order valence-corrected chi connectivity index (χ4v) is 0.369. The highest BCUT2D eigenvalue weighted by Gasteiger charge is 2.16. The van der Waals surface area contributed by atoms with Crippen LogP contribution in [0.3, 0.4) is 0 Å². The standard InChI is InChI=1S/C5H7NO5/c6-3(5(9)10)1-4(8)11-2-7/h2-3H,1,6H2,(H,9,10). The highest BCUT2D eigenvalue weighted by Crippen LogP contribution is 1.90. The molecule has 1 unspecified atom stereocenters. The zero-order chi connectivity index (χ0) is 8.85. The lowest BCUT2D eigenvalue weighted by atomic mass is 10.2. The molecule has 6 nitrogen and oxygen atoms in total. The number of carbonyl (C=O) groups excluding carboxylic acids is 2. The zero-order valence-corrected chi connectivity index (χ0v) is 5.52. The van der Waals surface area contributed by atoms with Crippen molar-refractivity contribution in [3.05, 3.63) is 0 Å². The van der Waals surface area contributed by atoms with Crippen molar-refractivity contribution >= 4 is 18.4 Å². The Kier molecular flexibility index (Phi) is 3.82. The number of carboxylic acid groups (broad SMARTS) is 1. The second-order valence-corrected chi connectivity index (χ2v) is 1.73. The molecule has 0 aliphatic carbocycles. The third kappa shape index (κ3) is 4.04. The number of carbonyl (C=O) groups is 3. The summed E-state index contributed by atoms with van der Waals surface area (Å²) in [5.41, 5.74) is 4.93. The van der Waals surface area contributed by atoms with Crippen molar-refractivity contribution in [1.29, 1.82) is 0 Å². The fourth-order valence-electron chi connectivity index (χ4n) is 0.369. The van der Waals surface area contributed by atoms with Gasteiger partial charge < -0.3 is 15.6 Å². The molecule has 0 bridgehead atoms. The molecule has 0 amide bonds. The lowest BCUT2D eigenvalue weighted by Gasteiger charge is -2.01.